The Labute approximate surface area is 132 Å². The summed E-state index contributed by atoms with van der Waals surface area (Å²) in [6, 6.07) is 10.4. The van der Waals surface area contributed by atoms with E-state index >= 15 is 0 Å². The molecular weight excluding hydrogens is 274 g/mol. The zero-order valence-corrected chi connectivity index (χ0v) is 13.1. The summed E-state index contributed by atoms with van der Waals surface area (Å²) < 4.78 is 0. The maximum atomic E-state index is 12.2. The number of amides is 1. The topological polar surface area (TPSA) is 56.1 Å². The average Bonchev–Trinajstić information content (AvgIpc) is 2.57. The molecule has 0 aromatic heterocycles. The summed E-state index contributed by atoms with van der Waals surface area (Å²) in [5, 5.41) is 12.3. The highest BCUT2D eigenvalue weighted by atomic mass is 16.2. The molecule has 116 valence electrons. The maximum Gasteiger partial charge on any atom is 0.265 e. The monoisotopic (exact) mass is 297 g/mol. The van der Waals surface area contributed by atoms with Crippen LogP contribution in [0.25, 0.3) is 0 Å². The van der Waals surface area contributed by atoms with E-state index in [0.29, 0.717) is 6.54 Å². The third-order valence-electron chi connectivity index (χ3n) is 3.92. The molecule has 1 saturated heterocycles. The highest BCUT2D eigenvalue weighted by Gasteiger charge is 2.19. The molecule has 0 bridgehead atoms. The van der Waals surface area contributed by atoms with E-state index in [9.17, 15) is 4.79 Å². The van der Waals surface area contributed by atoms with Gasteiger partial charge >= 0.3 is 0 Å². The molecule has 0 unspecified atom stereocenters. The van der Waals surface area contributed by atoms with Gasteiger partial charge < -0.3 is 10.2 Å². The second kappa shape index (κ2) is 8.23. The van der Waals surface area contributed by atoms with Crippen molar-refractivity contribution in [1.29, 1.82) is 5.26 Å². The Morgan fingerprint density at radius 2 is 1.95 bits per heavy atom. The number of rotatable bonds is 5. The molecular formula is C18H23N3O. The van der Waals surface area contributed by atoms with Gasteiger partial charge in [-0.15, -0.1) is 0 Å². The van der Waals surface area contributed by atoms with Gasteiger partial charge in [-0.25, -0.2) is 0 Å². The van der Waals surface area contributed by atoms with Crippen LogP contribution in [0.15, 0.2) is 36.0 Å². The number of nitriles is 1. The van der Waals surface area contributed by atoms with E-state index in [2.05, 4.69) is 36.5 Å². The summed E-state index contributed by atoms with van der Waals surface area (Å²) in [5.41, 5.74) is 2.69. The molecule has 1 aliphatic rings. The standard InChI is InChI=1S/C18H23N3O/c1-15-5-7-16(8-6-15)9-10-20-14-17(13-19)18(22)21-11-3-2-4-12-21/h5-8,14,20H,2-4,9-12H2,1H3/b17-14-. The number of piperidine rings is 1. The minimum absolute atomic E-state index is 0.148. The van der Waals surface area contributed by atoms with Crippen LogP contribution in [0.4, 0.5) is 0 Å². The molecule has 1 N–H and O–H groups in total. The van der Waals surface area contributed by atoms with Crippen LogP contribution < -0.4 is 5.32 Å². The van der Waals surface area contributed by atoms with E-state index in [0.717, 1.165) is 32.4 Å². The lowest BCUT2D eigenvalue weighted by Crippen LogP contribution is -2.36. The van der Waals surface area contributed by atoms with Crippen LogP contribution in [0.5, 0.6) is 0 Å². The highest BCUT2D eigenvalue weighted by molar-refractivity contribution is 5.97. The van der Waals surface area contributed by atoms with Crippen molar-refractivity contribution in [1.82, 2.24) is 10.2 Å². The number of carbonyl (C=O) groups is 1. The Morgan fingerprint density at radius 1 is 1.27 bits per heavy atom. The van der Waals surface area contributed by atoms with Gasteiger partial charge in [-0.3, -0.25) is 4.79 Å². The summed E-state index contributed by atoms with van der Waals surface area (Å²) >= 11 is 0. The number of nitrogens with zero attached hydrogens (tertiary/aromatic N) is 2. The number of likely N-dealkylation sites (tertiary alicyclic amines) is 1. The van der Waals surface area contributed by atoms with E-state index in [4.69, 9.17) is 5.26 Å². The molecule has 1 heterocycles. The quantitative estimate of drug-likeness (QED) is 0.516. The van der Waals surface area contributed by atoms with E-state index in [1.54, 1.807) is 11.1 Å². The fraction of sp³-hybridized carbons (Fsp3) is 0.444. The lowest BCUT2D eigenvalue weighted by atomic mass is 10.1. The molecule has 1 aromatic carbocycles. The fourth-order valence-electron chi connectivity index (χ4n) is 2.55. The molecule has 4 heteroatoms. The van der Waals surface area contributed by atoms with Crippen molar-refractivity contribution in [2.24, 2.45) is 0 Å². The minimum atomic E-state index is -0.148. The number of benzene rings is 1. The van der Waals surface area contributed by atoms with E-state index in [1.807, 2.05) is 6.07 Å². The first-order chi connectivity index (χ1) is 10.7. The van der Waals surface area contributed by atoms with Gasteiger partial charge in [0, 0.05) is 25.8 Å². The molecule has 0 saturated carbocycles. The van der Waals surface area contributed by atoms with Crippen LogP contribution in [-0.2, 0) is 11.2 Å². The molecule has 0 spiro atoms. The van der Waals surface area contributed by atoms with Gasteiger partial charge in [0.25, 0.3) is 5.91 Å². The number of hydrogen-bond acceptors (Lipinski definition) is 3. The smallest absolute Gasteiger partial charge is 0.265 e. The second-order valence-electron chi connectivity index (χ2n) is 5.71. The third-order valence-corrected chi connectivity index (χ3v) is 3.92. The summed E-state index contributed by atoms with van der Waals surface area (Å²) in [7, 11) is 0. The van der Waals surface area contributed by atoms with Gasteiger partial charge in [0.15, 0.2) is 0 Å². The zero-order valence-electron chi connectivity index (χ0n) is 13.1. The molecule has 1 aliphatic heterocycles. The van der Waals surface area contributed by atoms with Crippen LogP contribution in [0.3, 0.4) is 0 Å². The third kappa shape index (κ3) is 4.63. The lowest BCUT2D eigenvalue weighted by molar-refractivity contribution is -0.127. The summed E-state index contributed by atoms with van der Waals surface area (Å²) in [6.45, 7) is 4.31. The van der Waals surface area contributed by atoms with Gasteiger partial charge in [-0.05, 0) is 38.2 Å². The first kappa shape index (κ1) is 16.1. The maximum absolute atomic E-state index is 12.2. The molecule has 4 nitrogen and oxygen atoms in total. The summed E-state index contributed by atoms with van der Waals surface area (Å²) in [4.78, 5) is 14.0. The predicted molar refractivity (Wildman–Crippen MR) is 87.0 cm³/mol. The van der Waals surface area contributed by atoms with Crippen LogP contribution in [0.1, 0.15) is 30.4 Å². The van der Waals surface area contributed by atoms with E-state index in [-0.39, 0.29) is 11.5 Å². The molecule has 0 aliphatic carbocycles. The zero-order chi connectivity index (χ0) is 15.8. The van der Waals surface area contributed by atoms with Crippen molar-refractivity contribution in [2.45, 2.75) is 32.6 Å². The molecule has 0 atom stereocenters. The average molecular weight is 297 g/mol. The van der Waals surface area contributed by atoms with Crippen molar-refractivity contribution in [3.05, 3.63) is 47.2 Å². The van der Waals surface area contributed by atoms with Gasteiger partial charge in [0.1, 0.15) is 11.6 Å². The van der Waals surface area contributed by atoms with E-state index < -0.39 is 0 Å². The normalized spacial score (nSPS) is 15.3. The number of carbonyl (C=O) groups excluding carboxylic acids is 1. The van der Waals surface area contributed by atoms with Gasteiger partial charge in [0.2, 0.25) is 0 Å². The fourth-order valence-corrected chi connectivity index (χ4v) is 2.55. The van der Waals surface area contributed by atoms with Crippen molar-refractivity contribution >= 4 is 5.91 Å². The summed E-state index contributed by atoms with van der Waals surface area (Å²) in [6.07, 6.45) is 5.67. The molecule has 1 amide bonds. The SMILES string of the molecule is Cc1ccc(CCN/C=C(/C#N)C(=O)N2CCCCC2)cc1. The Balaban J connectivity index is 1.83. The Morgan fingerprint density at radius 3 is 2.59 bits per heavy atom. The molecule has 22 heavy (non-hydrogen) atoms. The Bertz CT molecular complexity index is 563. The van der Waals surface area contributed by atoms with Crippen LogP contribution >= 0.6 is 0 Å². The number of nitrogens with one attached hydrogen (secondary N) is 1. The number of hydrogen-bond donors (Lipinski definition) is 1. The van der Waals surface area contributed by atoms with Gasteiger partial charge in [-0.1, -0.05) is 29.8 Å². The Kier molecular flexibility index (Phi) is 6.02. The Hall–Kier alpha value is -2.28. The molecule has 0 radical (unpaired) electrons. The van der Waals surface area contributed by atoms with Crippen molar-refractivity contribution in [2.75, 3.05) is 19.6 Å². The van der Waals surface area contributed by atoms with Crippen LogP contribution in [-0.4, -0.2) is 30.4 Å². The van der Waals surface area contributed by atoms with Crippen molar-refractivity contribution < 1.29 is 4.79 Å². The van der Waals surface area contributed by atoms with Crippen molar-refractivity contribution in [3.8, 4) is 6.07 Å². The first-order valence-corrected chi connectivity index (χ1v) is 7.89. The largest absolute Gasteiger partial charge is 0.389 e. The predicted octanol–water partition coefficient (Wildman–Crippen LogP) is 2.55. The lowest BCUT2D eigenvalue weighted by Gasteiger charge is -2.26. The van der Waals surface area contributed by atoms with Gasteiger partial charge in [0.05, 0.1) is 0 Å². The molecule has 2 rings (SSSR count). The van der Waals surface area contributed by atoms with Crippen LogP contribution in [0, 0.1) is 18.3 Å². The molecule has 1 aromatic rings. The van der Waals surface area contributed by atoms with Crippen LogP contribution in [0.2, 0.25) is 0 Å². The van der Waals surface area contributed by atoms with E-state index in [1.165, 1.54) is 17.5 Å². The second-order valence-corrected chi connectivity index (χ2v) is 5.71. The minimum Gasteiger partial charge on any atom is -0.389 e. The van der Waals surface area contributed by atoms with Gasteiger partial charge in [-0.2, -0.15) is 5.26 Å². The number of aryl methyl sites for hydroxylation is 1. The highest BCUT2D eigenvalue weighted by Crippen LogP contribution is 2.11. The summed E-state index contributed by atoms with van der Waals surface area (Å²) in [5.74, 6) is -0.148. The first-order valence-electron chi connectivity index (χ1n) is 7.89. The molecule has 1 fully saturated rings. The van der Waals surface area contributed by atoms with Crippen molar-refractivity contribution in [3.63, 3.8) is 0 Å².